The lowest BCUT2D eigenvalue weighted by molar-refractivity contribution is 0.0537. The van der Waals surface area contributed by atoms with E-state index >= 15 is 0 Å². The number of fused-ring (bicyclic) bond motifs is 5. The Hall–Kier alpha value is -1.28. The summed E-state index contributed by atoms with van der Waals surface area (Å²) in [5.41, 5.74) is 4.84. The summed E-state index contributed by atoms with van der Waals surface area (Å²) in [6.07, 6.45) is 3.87. The van der Waals surface area contributed by atoms with Crippen molar-refractivity contribution in [3.8, 4) is 0 Å². The normalized spacial score (nSPS) is 26.6. The van der Waals surface area contributed by atoms with Crippen molar-refractivity contribution in [2.75, 3.05) is 13.1 Å². The van der Waals surface area contributed by atoms with Crippen molar-refractivity contribution >= 4 is 10.9 Å². The molecule has 2 heteroatoms. The maximum Gasteiger partial charge on any atom is 0.0504 e. The number of hydrogen-bond donors (Lipinski definition) is 1. The average Bonchev–Trinajstić information content (AvgIpc) is 2.84. The molecule has 1 saturated heterocycles. The van der Waals surface area contributed by atoms with Crippen molar-refractivity contribution < 1.29 is 0 Å². The summed E-state index contributed by atoms with van der Waals surface area (Å²) < 4.78 is 0. The molecule has 2 nitrogen and oxygen atoms in total. The first-order chi connectivity index (χ1) is 10.0. The molecule has 0 spiro atoms. The Labute approximate surface area is 127 Å². The zero-order valence-electron chi connectivity index (χ0n) is 13.4. The first-order valence-electron chi connectivity index (χ1n) is 8.37. The fraction of sp³-hybridized carbons (Fsp3) is 0.579. The van der Waals surface area contributed by atoms with E-state index in [1.165, 1.54) is 48.9 Å². The molecule has 0 radical (unpaired) electrons. The van der Waals surface area contributed by atoms with Crippen LogP contribution in [-0.4, -0.2) is 23.0 Å². The third-order valence-corrected chi connectivity index (χ3v) is 5.77. The van der Waals surface area contributed by atoms with Crippen LogP contribution in [0, 0.1) is 11.3 Å². The molecule has 1 fully saturated rings. The zero-order valence-corrected chi connectivity index (χ0v) is 13.4. The van der Waals surface area contributed by atoms with Crippen LogP contribution in [0.25, 0.3) is 10.9 Å². The van der Waals surface area contributed by atoms with Gasteiger partial charge < -0.3 is 4.98 Å². The summed E-state index contributed by atoms with van der Waals surface area (Å²) in [5.74, 6) is 0.830. The van der Waals surface area contributed by atoms with E-state index in [0.717, 1.165) is 5.92 Å². The first-order valence-corrected chi connectivity index (χ1v) is 8.37. The van der Waals surface area contributed by atoms with E-state index in [4.69, 9.17) is 0 Å². The number of nitrogens with one attached hydrogen (secondary N) is 1. The van der Waals surface area contributed by atoms with Crippen molar-refractivity contribution in [3.05, 3.63) is 35.5 Å². The molecule has 21 heavy (non-hydrogen) atoms. The molecule has 2 atom stereocenters. The molecule has 2 aliphatic heterocycles. The molecule has 1 aromatic heterocycles. The van der Waals surface area contributed by atoms with E-state index in [9.17, 15) is 0 Å². The van der Waals surface area contributed by atoms with Crippen LogP contribution in [0.4, 0.5) is 0 Å². The van der Waals surface area contributed by atoms with Crippen LogP contribution < -0.4 is 0 Å². The summed E-state index contributed by atoms with van der Waals surface area (Å²) in [6.45, 7) is 9.71. The lowest BCUT2D eigenvalue weighted by Crippen LogP contribution is -2.43. The molecule has 1 aromatic carbocycles. The maximum absolute atomic E-state index is 3.75. The van der Waals surface area contributed by atoms with Gasteiger partial charge in [0, 0.05) is 23.1 Å². The van der Waals surface area contributed by atoms with Gasteiger partial charge >= 0.3 is 0 Å². The second-order valence-electron chi connectivity index (χ2n) is 7.95. The number of rotatable bonds is 0. The highest BCUT2D eigenvalue weighted by molar-refractivity contribution is 5.85. The van der Waals surface area contributed by atoms with Crippen LogP contribution in [0.1, 0.15) is 50.9 Å². The molecule has 2 aromatic rings. The summed E-state index contributed by atoms with van der Waals surface area (Å²) in [4.78, 5) is 6.45. The largest absolute Gasteiger partial charge is 0.357 e. The average molecular weight is 282 g/mol. The summed E-state index contributed by atoms with van der Waals surface area (Å²) >= 11 is 0. The number of hydrogen-bond acceptors (Lipinski definition) is 1. The molecule has 1 N–H and O–H groups in total. The number of para-hydroxylation sites is 1. The van der Waals surface area contributed by atoms with Gasteiger partial charge in [-0.2, -0.15) is 0 Å². The summed E-state index contributed by atoms with van der Waals surface area (Å²) in [6, 6.07) is 9.42. The molecule has 112 valence electrons. The predicted molar refractivity (Wildman–Crippen MR) is 88.5 cm³/mol. The van der Waals surface area contributed by atoms with Gasteiger partial charge in [0.1, 0.15) is 0 Å². The number of piperidine rings is 1. The van der Waals surface area contributed by atoms with E-state index < -0.39 is 0 Å². The third kappa shape index (κ3) is 2.12. The number of aromatic amines is 1. The SMILES string of the molecule is CC(C)(C)C1CCN2CCc3c([nH]c4ccccc34)C2C1. The second kappa shape index (κ2) is 4.61. The molecule has 0 saturated carbocycles. The molecule has 0 aliphatic carbocycles. The predicted octanol–water partition coefficient (Wildman–Crippen LogP) is 4.52. The fourth-order valence-corrected chi connectivity index (χ4v) is 4.40. The van der Waals surface area contributed by atoms with E-state index in [-0.39, 0.29) is 0 Å². The highest BCUT2D eigenvalue weighted by atomic mass is 15.2. The molecule has 2 unspecified atom stereocenters. The van der Waals surface area contributed by atoms with Crippen LogP contribution in [0.3, 0.4) is 0 Å². The second-order valence-corrected chi connectivity index (χ2v) is 7.95. The Morgan fingerprint density at radius 2 is 1.95 bits per heavy atom. The quantitative estimate of drug-likeness (QED) is 0.752. The molecule has 2 aliphatic rings. The molecule has 0 amide bonds. The van der Waals surface area contributed by atoms with Gasteiger partial charge in [-0.15, -0.1) is 0 Å². The van der Waals surface area contributed by atoms with Crippen molar-refractivity contribution in [2.45, 2.75) is 46.1 Å². The monoisotopic (exact) mass is 282 g/mol. The minimum absolute atomic E-state index is 0.426. The summed E-state index contributed by atoms with van der Waals surface area (Å²) in [7, 11) is 0. The number of H-pyrrole nitrogens is 1. The van der Waals surface area contributed by atoms with Gasteiger partial charge in [0.15, 0.2) is 0 Å². The molecule has 4 rings (SSSR count). The molecule has 0 bridgehead atoms. The summed E-state index contributed by atoms with van der Waals surface area (Å²) in [5, 5.41) is 1.45. The number of nitrogens with zero attached hydrogens (tertiary/aromatic N) is 1. The maximum atomic E-state index is 3.75. The van der Waals surface area contributed by atoms with E-state index in [1.807, 2.05) is 0 Å². The zero-order chi connectivity index (χ0) is 14.6. The van der Waals surface area contributed by atoms with Gasteiger partial charge in [0.05, 0.1) is 6.04 Å². The van der Waals surface area contributed by atoms with E-state index in [0.29, 0.717) is 11.5 Å². The van der Waals surface area contributed by atoms with Crippen LogP contribution >= 0.6 is 0 Å². The smallest absolute Gasteiger partial charge is 0.0504 e. The Morgan fingerprint density at radius 1 is 1.14 bits per heavy atom. The van der Waals surface area contributed by atoms with Gasteiger partial charge in [-0.25, -0.2) is 0 Å². The van der Waals surface area contributed by atoms with Gasteiger partial charge in [-0.3, -0.25) is 4.90 Å². The Morgan fingerprint density at radius 3 is 2.76 bits per heavy atom. The standard InChI is InChI=1S/C19H26N2/c1-19(2,3)13-8-10-21-11-9-15-14-6-4-5-7-16(14)20-18(15)17(21)12-13/h4-7,13,17,20H,8-12H2,1-3H3. The van der Waals surface area contributed by atoms with Crippen molar-refractivity contribution in [1.29, 1.82) is 0 Å². The minimum atomic E-state index is 0.426. The van der Waals surface area contributed by atoms with Gasteiger partial charge in [0.25, 0.3) is 0 Å². The third-order valence-electron chi connectivity index (χ3n) is 5.77. The van der Waals surface area contributed by atoms with E-state index in [1.54, 1.807) is 5.56 Å². The Balaban J connectivity index is 1.75. The lowest BCUT2D eigenvalue weighted by Gasteiger charge is -2.46. The molecule has 3 heterocycles. The van der Waals surface area contributed by atoms with Gasteiger partial charge in [0.2, 0.25) is 0 Å². The first kappa shape index (κ1) is 13.4. The van der Waals surface area contributed by atoms with Crippen LogP contribution in [0.2, 0.25) is 0 Å². The van der Waals surface area contributed by atoms with E-state index in [2.05, 4.69) is 54.9 Å². The van der Waals surface area contributed by atoms with Gasteiger partial charge in [-0.05, 0) is 48.8 Å². The highest BCUT2D eigenvalue weighted by Crippen LogP contribution is 2.45. The van der Waals surface area contributed by atoms with Gasteiger partial charge in [-0.1, -0.05) is 39.0 Å². The Bertz CT molecular complexity index is 662. The van der Waals surface area contributed by atoms with Crippen LogP contribution in [0.15, 0.2) is 24.3 Å². The minimum Gasteiger partial charge on any atom is -0.357 e. The lowest BCUT2D eigenvalue weighted by atomic mass is 9.72. The van der Waals surface area contributed by atoms with Crippen molar-refractivity contribution in [2.24, 2.45) is 11.3 Å². The topological polar surface area (TPSA) is 19.0 Å². The van der Waals surface area contributed by atoms with Crippen LogP contribution in [0.5, 0.6) is 0 Å². The fourth-order valence-electron chi connectivity index (χ4n) is 4.40. The molecular weight excluding hydrogens is 256 g/mol. The Kier molecular flexibility index (Phi) is 2.94. The van der Waals surface area contributed by atoms with Crippen LogP contribution in [-0.2, 0) is 6.42 Å². The number of aromatic nitrogens is 1. The molecular formula is C19H26N2. The van der Waals surface area contributed by atoms with Crippen molar-refractivity contribution in [1.82, 2.24) is 9.88 Å². The number of benzene rings is 1. The highest BCUT2D eigenvalue weighted by Gasteiger charge is 2.38. The van der Waals surface area contributed by atoms with Crippen molar-refractivity contribution in [3.63, 3.8) is 0 Å².